The Morgan fingerprint density at radius 3 is 2.90 bits per heavy atom. The van der Waals surface area contributed by atoms with Crippen molar-refractivity contribution in [1.82, 2.24) is 14.5 Å². The van der Waals surface area contributed by atoms with Gasteiger partial charge >= 0.3 is 0 Å². The van der Waals surface area contributed by atoms with E-state index in [1.165, 1.54) is 4.57 Å². The van der Waals surface area contributed by atoms with Gasteiger partial charge in [0.05, 0.1) is 24.6 Å². The number of benzene rings is 1. The number of aromatic nitrogens is 3. The molecule has 3 aromatic rings. The van der Waals surface area contributed by atoms with Crippen LogP contribution in [0.1, 0.15) is 5.69 Å². The predicted molar refractivity (Wildman–Crippen MR) is 83.3 cm³/mol. The average Bonchev–Trinajstić information content (AvgIpc) is 2.52. The van der Waals surface area contributed by atoms with Crippen LogP contribution in [0, 0.1) is 4.77 Å². The van der Waals surface area contributed by atoms with E-state index in [9.17, 15) is 4.79 Å². The maximum absolute atomic E-state index is 12.6. The van der Waals surface area contributed by atoms with E-state index in [1.54, 1.807) is 31.5 Å². The molecule has 0 saturated carbocycles. The number of rotatable bonds is 3. The van der Waals surface area contributed by atoms with Gasteiger partial charge in [-0.3, -0.25) is 14.3 Å². The summed E-state index contributed by atoms with van der Waals surface area (Å²) in [5.74, 6) is 0.631. The van der Waals surface area contributed by atoms with Gasteiger partial charge in [-0.05, 0) is 36.5 Å². The molecule has 0 radical (unpaired) electrons. The van der Waals surface area contributed by atoms with Crippen LogP contribution in [0.5, 0.6) is 5.75 Å². The van der Waals surface area contributed by atoms with Crippen molar-refractivity contribution >= 4 is 23.1 Å². The van der Waals surface area contributed by atoms with Gasteiger partial charge in [-0.25, -0.2) is 0 Å². The van der Waals surface area contributed by atoms with Crippen LogP contribution >= 0.6 is 12.2 Å². The number of ether oxygens (including phenoxy) is 1. The van der Waals surface area contributed by atoms with Crippen molar-refractivity contribution in [1.29, 1.82) is 0 Å². The minimum Gasteiger partial charge on any atom is -0.495 e. The Bertz CT molecular complexity index is 914. The second-order valence-corrected chi connectivity index (χ2v) is 4.91. The number of fused-ring (bicyclic) bond motifs is 1. The highest BCUT2D eigenvalue weighted by Gasteiger charge is 2.09. The van der Waals surface area contributed by atoms with Crippen LogP contribution in [0.3, 0.4) is 0 Å². The van der Waals surface area contributed by atoms with Crippen molar-refractivity contribution in [2.45, 2.75) is 6.54 Å². The third-order valence-corrected chi connectivity index (χ3v) is 3.59. The first-order valence-corrected chi connectivity index (χ1v) is 6.81. The largest absolute Gasteiger partial charge is 0.495 e. The second-order valence-electron chi connectivity index (χ2n) is 4.52. The van der Waals surface area contributed by atoms with E-state index in [1.807, 2.05) is 18.2 Å². The number of pyridine rings is 1. The second kappa shape index (κ2) is 5.49. The van der Waals surface area contributed by atoms with Crippen LogP contribution in [0.25, 0.3) is 10.9 Å². The van der Waals surface area contributed by atoms with Crippen molar-refractivity contribution in [2.24, 2.45) is 0 Å². The lowest BCUT2D eigenvalue weighted by Gasteiger charge is -2.10. The van der Waals surface area contributed by atoms with E-state index in [-0.39, 0.29) is 12.1 Å². The lowest BCUT2D eigenvalue weighted by atomic mass is 10.2. The molecule has 5 nitrogen and oxygen atoms in total. The fourth-order valence-corrected chi connectivity index (χ4v) is 2.48. The highest BCUT2D eigenvalue weighted by Crippen LogP contribution is 2.15. The van der Waals surface area contributed by atoms with Crippen molar-refractivity contribution in [2.75, 3.05) is 7.11 Å². The zero-order valence-electron chi connectivity index (χ0n) is 11.4. The highest BCUT2D eigenvalue weighted by molar-refractivity contribution is 7.71. The molecule has 2 aromatic heterocycles. The summed E-state index contributed by atoms with van der Waals surface area (Å²) in [6.07, 6.45) is 1.66. The zero-order chi connectivity index (χ0) is 14.8. The minimum absolute atomic E-state index is 0.137. The van der Waals surface area contributed by atoms with E-state index < -0.39 is 0 Å². The van der Waals surface area contributed by atoms with Gasteiger partial charge < -0.3 is 9.72 Å². The monoisotopic (exact) mass is 299 g/mol. The van der Waals surface area contributed by atoms with Crippen LogP contribution in [0.15, 0.2) is 47.4 Å². The number of methoxy groups -OCH3 is 1. The van der Waals surface area contributed by atoms with Crippen LogP contribution in [-0.4, -0.2) is 21.6 Å². The average molecular weight is 299 g/mol. The Balaban J connectivity index is 2.17. The Hall–Kier alpha value is -2.47. The molecule has 0 aliphatic carbocycles. The van der Waals surface area contributed by atoms with Gasteiger partial charge in [0.2, 0.25) is 0 Å². The molecule has 6 heteroatoms. The summed E-state index contributed by atoms with van der Waals surface area (Å²) >= 11 is 5.28. The van der Waals surface area contributed by atoms with Gasteiger partial charge in [0.1, 0.15) is 11.4 Å². The van der Waals surface area contributed by atoms with Crippen LogP contribution in [-0.2, 0) is 6.54 Å². The molecule has 0 unspecified atom stereocenters. The summed E-state index contributed by atoms with van der Waals surface area (Å²) < 4.78 is 7.12. The summed E-state index contributed by atoms with van der Waals surface area (Å²) in [5, 5.41) is 0.598. The van der Waals surface area contributed by atoms with Gasteiger partial charge in [0.25, 0.3) is 5.56 Å². The molecule has 0 fully saturated rings. The molecular weight excluding hydrogens is 286 g/mol. The van der Waals surface area contributed by atoms with Gasteiger partial charge in [-0.1, -0.05) is 12.1 Å². The molecule has 1 N–H and O–H groups in total. The number of H-pyrrole nitrogens is 1. The Labute approximate surface area is 125 Å². The van der Waals surface area contributed by atoms with E-state index in [4.69, 9.17) is 17.0 Å². The lowest BCUT2D eigenvalue weighted by Crippen LogP contribution is -2.23. The predicted octanol–water partition coefficient (Wildman–Crippen LogP) is 2.51. The van der Waals surface area contributed by atoms with Crippen LogP contribution in [0.2, 0.25) is 0 Å². The fraction of sp³-hybridized carbons (Fsp3) is 0.133. The summed E-state index contributed by atoms with van der Waals surface area (Å²) in [4.78, 5) is 19.9. The number of para-hydroxylation sites is 1. The lowest BCUT2D eigenvalue weighted by molar-refractivity contribution is 0.404. The number of aromatic amines is 1. The Morgan fingerprint density at radius 1 is 1.29 bits per heavy atom. The summed E-state index contributed by atoms with van der Waals surface area (Å²) in [5.41, 5.74) is 1.26. The van der Waals surface area contributed by atoms with Crippen molar-refractivity contribution in [3.05, 3.63) is 63.4 Å². The van der Waals surface area contributed by atoms with Crippen LogP contribution < -0.4 is 10.3 Å². The molecule has 3 rings (SSSR count). The summed E-state index contributed by atoms with van der Waals surface area (Å²) in [6.45, 7) is 0.267. The van der Waals surface area contributed by atoms with E-state index in [2.05, 4.69) is 9.97 Å². The molecule has 0 atom stereocenters. The molecule has 0 aliphatic rings. The number of nitrogens with zero attached hydrogens (tertiary/aromatic N) is 2. The van der Waals surface area contributed by atoms with Gasteiger partial charge in [-0.15, -0.1) is 0 Å². The molecular formula is C15H13N3O2S. The SMILES string of the molecule is COc1cccnc1Cn1c(=S)[nH]c2ccccc2c1=O. The fourth-order valence-electron chi connectivity index (χ4n) is 2.22. The topological polar surface area (TPSA) is 59.9 Å². The highest BCUT2D eigenvalue weighted by atomic mass is 32.1. The molecule has 0 aliphatic heterocycles. The molecule has 0 saturated heterocycles. The van der Waals surface area contributed by atoms with Gasteiger partial charge in [0.15, 0.2) is 4.77 Å². The molecule has 1 aromatic carbocycles. The molecule has 2 heterocycles. The van der Waals surface area contributed by atoms with Gasteiger partial charge in [-0.2, -0.15) is 0 Å². The minimum atomic E-state index is -0.137. The van der Waals surface area contributed by atoms with E-state index >= 15 is 0 Å². The smallest absolute Gasteiger partial charge is 0.262 e. The first kappa shape index (κ1) is 13.5. The number of hydrogen-bond donors (Lipinski definition) is 1. The van der Waals surface area contributed by atoms with Gasteiger partial charge in [0, 0.05) is 6.20 Å². The standard InChI is InChI=1S/C15H13N3O2S/c1-20-13-7-4-8-16-12(13)9-18-14(19)10-5-2-3-6-11(10)17-15(18)21/h2-8H,9H2,1H3,(H,17,21). The maximum atomic E-state index is 12.6. The van der Waals surface area contributed by atoms with Crippen molar-refractivity contribution in [3.63, 3.8) is 0 Å². The third-order valence-electron chi connectivity index (χ3n) is 3.27. The first-order valence-electron chi connectivity index (χ1n) is 6.40. The van der Waals surface area contributed by atoms with Crippen molar-refractivity contribution in [3.8, 4) is 5.75 Å². The maximum Gasteiger partial charge on any atom is 0.262 e. The molecule has 0 spiro atoms. The summed E-state index contributed by atoms with van der Waals surface area (Å²) in [6, 6.07) is 10.9. The first-order chi connectivity index (χ1) is 10.2. The third kappa shape index (κ3) is 2.45. The van der Waals surface area contributed by atoms with Crippen LogP contribution in [0.4, 0.5) is 0 Å². The Morgan fingerprint density at radius 2 is 2.10 bits per heavy atom. The Kier molecular flexibility index (Phi) is 3.53. The zero-order valence-corrected chi connectivity index (χ0v) is 12.2. The van der Waals surface area contributed by atoms with Crippen molar-refractivity contribution < 1.29 is 4.74 Å². The number of hydrogen-bond acceptors (Lipinski definition) is 4. The quantitative estimate of drug-likeness (QED) is 0.755. The number of nitrogens with one attached hydrogen (secondary N) is 1. The van der Waals surface area contributed by atoms with E-state index in [0.29, 0.717) is 21.6 Å². The molecule has 21 heavy (non-hydrogen) atoms. The normalized spacial score (nSPS) is 10.7. The molecule has 0 bridgehead atoms. The molecule has 106 valence electrons. The van der Waals surface area contributed by atoms with E-state index in [0.717, 1.165) is 5.52 Å². The molecule has 0 amide bonds. The summed E-state index contributed by atoms with van der Waals surface area (Å²) in [7, 11) is 1.57.